The van der Waals surface area contributed by atoms with Gasteiger partial charge in [-0.25, -0.2) is 4.98 Å². The molecule has 1 amide bonds. The molecule has 0 aliphatic carbocycles. The number of hydrogen-bond donors (Lipinski definition) is 1. The lowest BCUT2D eigenvalue weighted by atomic mass is 10.00. The van der Waals surface area contributed by atoms with Gasteiger partial charge in [-0.3, -0.25) is 9.69 Å². The number of ether oxygens (including phenoxy) is 2. The number of carbonyl (C=O) groups is 1. The predicted molar refractivity (Wildman–Crippen MR) is 88.8 cm³/mol. The second-order valence-electron chi connectivity index (χ2n) is 6.75. The number of rotatable bonds is 5. The molecular formula is C17H27N3O3. The molecule has 2 heterocycles. The molecule has 1 aliphatic heterocycles. The molecule has 2 rings (SSSR count). The number of aromatic nitrogens is 1. The summed E-state index contributed by atoms with van der Waals surface area (Å²) < 4.78 is 10.8. The summed E-state index contributed by atoms with van der Waals surface area (Å²) in [4.78, 5) is 18.7. The molecule has 1 fully saturated rings. The van der Waals surface area contributed by atoms with Crippen molar-refractivity contribution < 1.29 is 14.3 Å². The molecule has 23 heavy (non-hydrogen) atoms. The lowest BCUT2D eigenvalue weighted by Gasteiger charge is -2.45. The van der Waals surface area contributed by atoms with Gasteiger partial charge < -0.3 is 14.8 Å². The Kier molecular flexibility index (Phi) is 5.59. The molecule has 6 nitrogen and oxygen atoms in total. The first-order valence-corrected chi connectivity index (χ1v) is 8.00. The highest BCUT2D eigenvalue weighted by Crippen LogP contribution is 2.20. The van der Waals surface area contributed by atoms with Gasteiger partial charge in [-0.2, -0.15) is 0 Å². The number of pyridine rings is 1. The molecule has 0 bridgehead atoms. The Balaban J connectivity index is 1.93. The molecule has 1 saturated heterocycles. The monoisotopic (exact) mass is 321 g/mol. The molecule has 1 N–H and O–H groups in total. The van der Waals surface area contributed by atoms with Gasteiger partial charge >= 0.3 is 0 Å². The maximum atomic E-state index is 12.3. The maximum absolute atomic E-state index is 12.3. The smallest absolute Gasteiger partial charge is 0.252 e. The lowest BCUT2D eigenvalue weighted by molar-refractivity contribution is -0.0948. The third-order valence-electron chi connectivity index (χ3n) is 4.16. The standard InChI is InChI=1S/C17H27N3O3/c1-12-9-20(10-13(2)23-12)17(3,4)11-19-16(21)14-6-7-15(22-5)18-8-14/h6-8,12-13H,9-11H2,1-5H3,(H,19,21). The van der Waals surface area contributed by atoms with E-state index < -0.39 is 0 Å². The van der Waals surface area contributed by atoms with Crippen molar-refractivity contribution in [2.75, 3.05) is 26.7 Å². The van der Waals surface area contributed by atoms with Crippen LogP contribution in [0.25, 0.3) is 0 Å². The van der Waals surface area contributed by atoms with E-state index >= 15 is 0 Å². The maximum Gasteiger partial charge on any atom is 0.252 e. The van der Waals surface area contributed by atoms with Gasteiger partial charge in [0.1, 0.15) is 0 Å². The Labute approximate surface area is 138 Å². The van der Waals surface area contributed by atoms with Crippen molar-refractivity contribution in [1.82, 2.24) is 15.2 Å². The predicted octanol–water partition coefficient (Wildman–Crippen LogP) is 1.71. The fourth-order valence-corrected chi connectivity index (χ4v) is 2.82. The molecule has 1 aromatic heterocycles. The van der Waals surface area contributed by atoms with E-state index in [4.69, 9.17) is 9.47 Å². The molecule has 1 aromatic rings. The van der Waals surface area contributed by atoms with Crippen LogP contribution in [0.1, 0.15) is 38.1 Å². The van der Waals surface area contributed by atoms with Crippen molar-refractivity contribution in [3.63, 3.8) is 0 Å². The minimum Gasteiger partial charge on any atom is -0.481 e. The highest BCUT2D eigenvalue weighted by molar-refractivity contribution is 5.93. The number of nitrogens with zero attached hydrogens (tertiary/aromatic N) is 2. The van der Waals surface area contributed by atoms with Crippen LogP contribution in [-0.2, 0) is 4.74 Å². The SMILES string of the molecule is COc1ccc(C(=O)NCC(C)(C)N2CC(C)OC(C)C2)cn1. The summed E-state index contributed by atoms with van der Waals surface area (Å²) >= 11 is 0. The Morgan fingerprint density at radius 2 is 2.04 bits per heavy atom. The zero-order valence-corrected chi connectivity index (χ0v) is 14.6. The van der Waals surface area contributed by atoms with Crippen LogP contribution in [-0.4, -0.2) is 60.3 Å². The number of methoxy groups -OCH3 is 1. The Morgan fingerprint density at radius 3 is 2.57 bits per heavy atom. The fourth-order valence-electron chi connectivity index (χ4n) is 2.82. The molecule has 0 radical (unpaired) electrons. The Bertz CT molecular complexity index is 520. The van der Waals surface area contributed by atoms with Gasteiger partial charge in [0.2, 0.25) is 5.88 Å². The van der Waals surface area contributed by atoms with Crippen LogP contribution in [0.3, 0.4) is 0 Å². The highest BCUT2D eigenvalue weighted by atomic mass is 16.5. The van der Waals surface area contributed by atoms with E-state index in [9.17, 15) is 4.79 Å². The number of nitrogens with one attached hydrogen (secondary N) is 1. The minimum absolute atomic E-state index is 0.123. The van der Waals surface area contributed by atoms with Crippen LogP contribution >= 0.6 is 0 Å². The molecule has 128 valence electrons. The van der Waals surface area contributed by atoms with Gasteiger partial charge in [-0.1, -0.05) is 0 Å². The van der Waals surface area contributed by atoms with Crippen LogP contribution in [0.5, 0.6) is 5.88 Å². The molecule has 0 spiro atoms. The molecule has 2 atom stereocenters. The van der Waals surface area contributed by atoms with Gasteiger partial charge in [-0.15, -0.1) is 0 Å². The van der Waals surface area contributed by atoms with Crippen LogP contribution in [0.4, 0.5) is 0 Å². The lowest BCUT2D eigenvalue weighted by Crippen LogP contribution is -2.58. The molecule has 0 saturated carbocycles. The second-order valence-corrected chi connectivity index (χ2v) is 6.75. The third kappa shape index (κ3) is 4.65. The van der Waals surface area contributed by atoms with Crippen molar-refractivity contribution >= 4 is 5.91 Å². The van der Waals surface area contributed by atoms with Gasteiger partial charge in [0.25, 0.3) is 5.91 Å². The quantitative estimate of drug-likeness (QED) is 0.894. The number of amides is 1. The molecule has 1 aliphatic rings. The van der Waals surface area contributed by atoms with E-state index in [1.165, 1.54) is 6.20 Å². The first-order chi connectivity index (χ1) is 10.8. The normalized spacial score (nSPS) is 22.7. The zero-order valence-electron chi connectivity index (χ0n) is 14.6. The van der Waals surface area contributed by atoms with E-state index in [-0.39, 0.29) is 23.7 Å². The minimum atomic E-state index is -0.137. The summed E-state index contributed by atoms with van der Waals surface area (Å²) in [6, 6.07) is 3.40. The van der Waals surface area contributed by atoms with Crippen LogP contribution < -0.4 is 10.1 Å². The first-order valence-electron chi connectivity index (χ1n) is 8.00. The van der Waals surface area contributed by atoms with Crippen molar-refractivity contribution in [3.8, 4) is 5.88 Å². The summed E-state index contributed by atoms with van der Waals surface area (Å²) in [5, 5.41) is 3.00. The average Bonchev–Trinajstić information content (AvgIpc) is 2.52. The fraction of sp³-hybridized carbons (Fsp3) is 0.647. The molecule has 6 heteroatoms. The summed E-state index contributed by atoms with van der Waals surface area (Å²) in [5.41, 5.74) is 0.396. The van der Waals surface area contributed by atoms with Crippen molar-refractivity contribution in [2.45, 2.75) is 45.4 Å². The van der Waals surface area contributed by atoms with Gasteiger partial charge in [-0.05, 0) is 33.8 Å². The second kappa shape index (κ2) is 7.27. The van der Waals surface area contributed by atoms with Crippen molar-refractivity contribution in [3.05, 3.63) is 23.9 Å². The summed E-state index contributed by atoms with van der Waals surface area (Å²) in [6.45, 7) is 10.8. The number of carbonyl (C=O) groups excluding carboxylic acids is 1. The largest absolute Gasteiger partial charge is 0.481 e. The van der Waals surface area contributed by atoms with E-state index in [0.29, 0.717) is 18.0 Å². The van der Waals surface area contributed by atoms with Gasteiger partial charge in [0, 0.05) is 37.4 Å². The average molecular weight is 321 g/mol. The van der Waals surface area contributed by atoms with E-state index in [2.05, 4.69) is 42.9 Å². The van der Waals surface area contributed by atoms with E-state index in [1.807, 2.05) is 0 Å². The van der Waals surface area contributed by atoms with Gasteiger partial charge in [0.05, 0.1) is 24.9 Å². The Hall–Kier alpha value is -1.66. The molecule has 0 aromatic carbocycles. The van der Waals surface area contributed by atoms with Crippen LogP contribution in [0, 0.1) is 0 Å². The van der Waals surface area contributed by atoms with Crippen LogP contribution in [0.2, 0.25) is 0 Å². The van der Waals surface area contributed by atoms with Crippen molar-refractivity contribution in [2.24, 2.45) is 0 Å². The number of morpholine rings is 1. The number of hydrogen-bond acceptors (Lipinski definition) is 5. The summed E-state index contributed by atoms with van der Waals surface area (Å²) in [7, 11) is 1.55. The summed E-state index contributed by atoms with van der Waals surface area (Å²) in [5.74, 6) is 0.376. The molecule has 2 unspecified atom stereocenters. The highest BCUT2D eigenvalue weighted by Gasteiger charge is 2.33. The third-order valence-corrected chi connectivity index (χ3v) is 4.16. The van der Waals surface area contributed by atoms with Gasteiger partial charge in [0.15, 0.2) is 0 Å². The Morgan fingerprint density at radius 1 is 1.39 bits per heavy atom. The summed E-state index contributed by atoms with van der Waals surface area (Å²) in [6.07, 6.45) is 1.94. The van der Waals surface area contributed by atoms with Crippen LogP contribution in [0.15, 0.2) is 18.3 Å². The molecular weight excluding hydrogens is 294 g/mol. The van der Waals surface area contributed by atoms with E-state index in [0.717, 1.165) is 13.1 Å². The zero-order chi connectivity index (χ0) is 17.0. The van der Waals surface area contributed by atoms with Crippen molar-refractivity contribution in [1.29, 1.82) is 0 Å². The van der Waals surface area contributed by atoms with E-state index in [1.54, 1.807) is 19.2 Å². The first kappa shape index (κ1) is 17.7. The topological polar surface area (TPSA) is 63.7 Å².